The van der Waals surface area contributed by atoms with Crippen molar-refractivity contribution < 1.29 is 17.9 Å². The van der Waals surface area contributed by atoms with Crippen molar-refractivity contribution in [3.63, 3.8) is 0 Å². The van der Waals surface area contributed by atoms with Gasteiger partial charge < -0.3 is 4.74 Å². The Morgan fingerprint density at radius 3 is 2.50 bits per heavy atom. The predicted molar refractivity (Wildman–Crippen MR) is 37.9 cm³/mol. The lowest BCUT2D eigenvalue weighted by Gasteiger charge is -2.05. The standard InChI is InChI=1S/C8H7F3O/c9-7(10)8(11)12-6-4-2-1-3-5-6/h2,4-5H,1,3H2. The second-order valence-electron chi connectivity index (χ2n) is 2.22. The van der Waals surface area contributed by atoms with Crippen LogP contribution in [0.3, 0.4) is 0 Å². The highest BCUT2D eigenvalue weighted by molar-refractivity contribution is 5.17. The molecule has 0 aromatic carbocycles. The molecule has 0 bridgehead atoms. The molecule has 0 heterocycles. The lowest BCUT2D eigenvalue weighted by Crippen LogP contribution is -1.90. The Labute approximate surface area is 67.8 Å². The van der Waals surface area contributed by atoms with E-state index in [0.29, 0.717) is 6.42 Å². The maximum Gasteiger partial charge on any atom is 0.344 e. The molecule has 1 rings (SSSR count). The van der Waals surface area contributed by atoms with Gasteiger partial charge in [-0.05, 0) is 25.0 Å². The Kier molecular flexibility index (Phi) is 2.96. The van der Waals surface area contributed by atoms with Gasteiger partial charge in [0.1, 0.15) is 5.76 Å². The fourth-order valence-electron chi connectivity index (χ4n) is 0.807. The molecule has 0 N–H and O–H groups in total. The molecule has 1 nitrogen and oxygen atoms in total. The average Bonchev–Trinajstić information content (AvgIpc) is 2.06. The van der Waals surface area contributed by atoms with Crippen LogP contribution in [0, 0.1) is 0 Å². The van der Waals surface area contributed by atoms with Gasteiger partial charge in [0.2, 0.25) is 0 Å². The van der Waals surface area contributed by atoms with Crippen molar-refractivity contribution in [1.82, 2.24) is 0 Å². The summed E-state index contributed by atoms with van der Waals surface area (Å²) in [6.45, 7) is 0. The number of hydrogen-bond donors (Lipinski definition) is 0. The lowest BCUT2D eigenvalue weighted by atomic mass is 10.2. The smallest absolute Gasteiger partial charge is 0.344 e. The monoisotopic (exact) mass is 176 g/mol. The summed E-state index contributed by atoms with van der Waals surface area (Å²) < 4.78 is 39.4. The van der Waals surface area contributed by atoms with Crippen LogP contribution >= 0.6 is 0 Å². The number of ether oxygens (including phenoxy) is 1. The van der Waals surface area contributed by atoms with Crippen LogP contribution in [0.25, 0.3) is 0 Å². The minimum atomic E-state index is -2.44. The van der Waals surface area contributed by atoms with E-state index in [9.17, 15) is 13.2 Å². The van der Waals surface area contributed by atoms with E-state index in [-0.39, 0.29) is 5.76 Å². The molecule has 0 aromatic heterocycles. The van der Waals surface area contributed by atoms with Gasteiger partial charge in [-0.3, -0.25) is 0 Å². The summed E-state index contributed by atoms with van der Waals surface area (Å²) in [6, 6.07) is -1.83. The van der Waals surface area contributed by atoms with Gasteiger partial charge >= 0.3 is 12.1 Å². The van der Waals surface area contributed by atoms with Crippen molar-refractivity contribution in [3.05, 3.63) is 36.1 Å². The maximum atomic E-state index is 12.1. The van der Waals surface area contributed by atoms with Crippen LogP contribution in [0.15, 0.2) is 36.1 Å². The fourth-order valence-corrected chi connectivity index (χ4v) is 0.807. The Morgan fingerprint density at radius 1 is 1.25 bits per heavy atom. The van der Waals surface area contributed by atoms with Crippen LogP contribution in [0.4, 0.5) is 13.2 Å². The highest BCUT2D eigenvalue weighted by Gasteiger charge is 2.08. The Balaban J connectivity index is 2.57. The first-order valence-corrected chi connectivity index (χ1v) is 3.45. The molecule has 0 aliphatic heterocycles. The molecule has 1 aliphatic rings. The van der Waals surface area contributed by atoms with Crippen LogP contribution < -0.4 is 0 Å². The van der Waals surface area contributed by atoms with E-state index in [4.69, 9.17) is 0 Å². The van der Waals surface area contributed by atoms with E-state index in [0.717, 1.165) is 6.42 Å². The van der Waals surface area contributed by atoms with E-state index < -0.39 is 12.1 Å². The molecule has 0 aromatic rings. The third-order valence-electron chi connectivity index (χ3n) is 1.32. The first-order valence-electron chi connectivity index (χ1n) is 3.45. The van der Waals surface area contributed by atoms with E-state index >= 15 is 0 Å². The molecular formula is C8H7F3O. The lowest BCUT2D eigenvalue weighted by molar-refractivity contribution is 0.183. The molecule has 0 unspecified atom stereocenters. The zero-order valence-corrected chi connectivity index (χ0v) is 6.19. The zero-order chi connectivity index (χ0) is 8.97. The quantitative estimate of drug-likeness (QED) is 0.586. The number of allylic oxidation sites excluding steroid dienone is 3. The van der Waals surface area contributed by atoms with Crippen molar-refractivity contribution in [1.29, 1.82) is 0 Å². The first-order chi connectivity index (χ1) is 5.70. The third-order valence-corrected chi connectivity index (χ3v) is 1.32. The van der Waals surface area contributed by atoms with Gasteiger partial charge in [-0.25, -0.2) is 0 Å². The van der Waals surface area contributed by atoms with Crippen LogP contribution in [0.1, 0.15) is 12.8 Å². The maximum absolute atomic E-state index is 12.1. The van der Waals surface area contributed by atoms with Gasteiger partial charge in [-0.15, -0.1) is 0 Å². The molecule has 0 spiro atoms. The van der Waals surface area contributed by atoms with Crippen molar-refractivity contribution in [2.45, 2.75) is 12.8 Å². The molecule has 0 fully saturated rings. The molecule has 66 valence electrons. The van der Waals surface area contributed by atoms with Crippen LogP contribution in [-0.4, -0.2) is 0 Å². The highest BCUT2D eigenvalue weighted by atomic mass is 19.3. The summed E-state index contributed by atoms with van der Waals surface area (Å²) in [5, 5.41) is 0. The minimum absolute atomic E-state index is 0.131. The first kappa shape index (κ1) is 8.90. The Bertz CT molecular complexity index is 249. The van der Waals surface area contributed by atoms with E-state index in [2.05, 4.69) is 4.74 Å². The van der Waals surface area contributed by atoms with Gasteiger partial charge in [0.15, 0.2) is 0 Å². The SMILES string of the molecule is FC(F)=C(F)OC1=CCCC=C1. The van der Waals surface area contributed by atoms with E-state index in [1.165, 1.54) is 6.08 Å². The van der Waals surface area contributed by atoms with Crippen molar-refractivity contribution in [3.8, 4) is 0 Å². The summed E-state index contributed by atoms with van der Waals surface area (Å²) in [5.74, 6) is 0.131. The topological polar surface area (TPSA) is 9.23 Å². The largest absolute Gasteiger partial charge is 0.428 e. The minimum Gasteiger partial charge on any atom is -0.428 e. The molecule has 1 aliphatic carbocycles. The number of hydrogen-bond acceptors (Lipinski definition) is 1. The summed E-state index contributed by atoms with van der Waals surface area (Å²) in [5.41, 5.74) is 0. The molecule has 0 saturated carbocycles. The van der Waals surface area contributed by atoms with Gasteiger partial charge in [0, 0.05) is 0 Å². The normalized spacial score (nSPS) is 15.4. The van der Waals surface area contributed by atoms with Gasteiger partial charge in [0.25, 0.3) is 0 Å². The molecule has 0 saturated heterocycles. The molecular weight excluding hydrogens is 169 g/mol. The highest BCUT2D eigenvalue weighted by Crippen LogP contribution is 2.18. The fraction of sp³-hybridized carbons (Fsp3) is 0.250. The van der Waals surface area contributed by atoms with E-state index in [1.54, 1.807) is 12.2 Å². The number of rotatable bonds is 2. The summed E-state index contributed by atoms with van der Waals surface area (Å²) >= 11 is 0. The zero-order valence-electron chi connectivity index (χ0n) is 6.19. The average molecular weight is 176 g/mol. The van der Waals surface area contributed by atoms with Crippen molar-refractivity contribution in [2.24, 2.45) is 0 Å². The van der Waals surface area contributed by atoms with Crippen LogP contribution in [-0.2, 0) is 4.74 Å². The van der Waals surface area contributed by atoms with Gasteiger partial charge in [-0.1, -0.05) is 6.08 Å². The summed E-state index contributed by atoms with van der Waals surface area (Å²) in [4.78, 5) is 0. The van der Waals surface area contributed by atoms with Crippen molar-refractivity contribution >= 4 is 0 Å². The van der Waals surface area contributed by atoms with Gasteiger partial charge in [0.05, 0.1) is 0 Å². The Hall–Kier alpha value is -1.19. The molecule has 0 atom stereocenters. The van der Waals surface area contributed by atoms with Crippen LogP contribution in [0.5, 0.6) is 0 Å². The molecule has 0 radical (unpaired) electrons. The molecule has 0 amide bonds. The predicted octanol–water partition coefficient (Wildman–Crippen LogP) is 3.27. The molecule has 12 heavy (non-hydrogen) atoms. The van der Waals surface area contributed by atoms with Gasteiger partial charge in [-0.2, -0.15) is 13.2 Å². The summed E-state index contributed by atoms with van der Waals surface area (Å²) in [6.07, 6.45) is 3.84. The number of halogens is 3. The van der Waals surface area contributed by atoms with Crippen LogP contribution in [0.2, 0.25) is 0 Å². The second-order valence-corrected chi connectivity index (χ2v) is 2.22. The third kappa shape index (κ3) is 2.45. The summed E-state index contributed by atoms with van der Waals surface area (Å²) in [7, 11) is 0. The van der Waals surface area contributed by atoms with Crippen molar-refractivity contribution in [2.75, 3.05) is 0 Å². The second kappa shape index (κ2) is 3.99. The molecule has 4 heteroatoms. The Morgan fingerprint density at radius 2 is 2.00 bits per heavy atom. The van der Waals surface area contributed by atoms with E-state index in [1.807, 2.05) is 0 Å².